The molecule has 1 aliphatic carbocycles. The summed E-state index contributed by atoms with van der Waals surface area (Å²) in [5, 5.41) is 2.89. The highest BCUT2D eigenvalue weighted by atomic mass is 16.5. The zero-order valence-corrected chi connectivity index (χ0v) is 12.5. The maximum absolute atomic E-state index is 12.6. The highest BCUT2D eigenvalue weighted by Gasteiger charge is 2.57. The first-order chi connectivity index (χ1) is 9.70. The quantitative estimate of drug-likeness (QED) is 0.590. The van der Waals surface area contributed by atoms with E-state index in [-0.39, 0.29) is 11.8 Å². The van der Waals surface area contributed by atoms with Gasteiger partial charge in [0.15, 0.2) is 0 Å². The molecule has 1 heterocycles. The van der Waals surface area contributed by atoms with E-state index in [9.17, 15) is 9.59 Å². The Kier molecular flexibility index (Phi) is 5.40. The Morgan fingerprint density at radius 3 is 2.35 bits per heavy atom. The zero-order valence-electron chi connectivity index (χ0n) is 12.5. The van der Waals surface area contributed by atoms with Crippen LogP contribution in [0, 0.1) is 5.41 Å². The van der Waals surface area contributed by atoms with Crippen molar-refractivity contribution in [3.8, 4) is 0 Å². The van der Waals surface area contributed by atoms with Crippen LogP contribution in [-0.4, -0.2) is 50.1 Å². The van der Waals surface area contributed by atoms with Crippen molar-refractivity contribution in [3.63, 3.8) is 0 Å². The summed E-state index contributed by atoms with van der Waals surface area (Å²) in [6.45, 7) is 2.85. The molecule has 0 aromatic heterocycles. The van der Waals surface area contributed by atoms with E-state index >= 15 is 0 Å². The Bertz CT molecular complexity index is 345. The average molecular weight is 282 g/mol. The van der Waals surface area contributed by atoms with Gasteiger partial charge in [0.2, 0.25) is 11.8 Å². The first-order valence-corrected chi connectivity index (χ1v) is 7.77. The van der Waals surface area contributed by atoms with Crippen molar-refractivity contribution in [1.29, 1.82) is 0 Å². The van der Waals surface area contributed by atoms with Crippen LogP contribution in [0.15, 0.2) is 0 Å². The fourth-order valence-corrected chi connectivity index (χ4v) is 2.83. The summed E-state index contributed by atoms with van der Waals surface area (Å²) in [6, 6.07) is 0. The summed E-state index contributed by atoms with van der Waals surface area (Å²) in [5.41, 5.74) is -0.739. The van der Waals surface area contributed by atoms with E-state index < -0.39 is 5.41 Å². The number of ether oxygens (including phenoxy) is 1. The largest absolute Gasteiger partial charge is 0.385 e. The predicted octanol–water partition coefficient (Wildman–Crippen LogP) is 1.32. The van der Waals surface area contributed by atoms with Gasteiger partial charge >= 0.3 is 0 Å². The fraction of sp³-hybridized carbons (Fsp3) is 0.867. The Balaban J connectivity index is 1.85. The van der Waals surface area contributed by atoms with Crippen LogP contribution in [0.2, 0.25) is 0 Å². The lowest BCUT2D eigenvalue weighted by atomic mass is 10.0. The molecule has 2 rings (SSSR count). The number of carbonyl (C=O) groups is 2. The van der Waals surface area contributed by atoms with Gasteiger partial charge in [0, 0.05) is 33.4 Å². The second kappa shape index (κ2) is 7.07. The Morgan fingerprint density at radius 1 is 1.15 bits per heavy atom. The highest BCUT2D eigenvalue weighted by Crippen LogP contribution is 2.47. The van der Waals surface area contributed by atoms with Crippen LogP contribution in [0.25, 0.3) is 0 Å². The van der Waals surface area contributed by atoms with Crippen molar-refractivity contribution in [3.05, 3.63) is 0 Å². The monoisotopic (exact) mass is 282 g/mol. The van der Waals surface area contributed by atoms with Crippen LogP contribution in [-0.2, 0) is 14.3 Å². The van der Waals surface area contributed by atoms with Gasteiger partial charge in [0.05, 0.1) is 0 Å². The van der Waals surface area contributed by atoms with E-state index in [4.69, 9.17) is 4.74 Å². The fourth-order valence-electron chi connectivity index (χ4n) is 2.83. The molecular weight excluding hydrogens is 256 g/mol. The maximum Gasteiger partial charge on any atom is 0.238 e. The van der Waals surface area contributed by atoms with Gasteiger partial charge in [-0.05, 0) is 32.1 Å². The molecule has 1 saturated heterocycles. The lowest BCUT2D eigenvalue weighted by Crippen LogP contribution is -2.45. The zero-order chi connectivity index (χ0) is 14.4. The molecule has 5 heteroatoms. The third kappa shape index (κ3) is 3.51. The van der Waals surface area contributed by atoms with Crippen molar-refractivity contribution in [2.75, 3.05) is 33.4 Å². The maximum atomic E-state index is 12.6. The summed E-state index contributed by atoms with van der Waals surface area (Å²) < 4.78 is 4.95. The van der Waals surface area contributed by atoms with E-state index in [1.165, 1.54) is 12.8 Å². The Morgan fingerprint density at radius 2 is 1.80 bits per heavy atom. The molecule has 0 bridgehead atoms. The smallest absolute Gasteiger partial charge is 0.238 e. The van der Waals surface area contributed by atoms with Gasteiger partial charge in [0.1, 0.15) is 5.41 Å². The Hall–Kier alpha value is -1.10. The third-order valence-electron chi connectivity index (χ3n) is 4.30. The van der Waals surface area contributed by atoms with Gasteiger partial charge in [-0.2, -0.15) is 0 Å². The summed E-state index contributed by atoms with van der Waals surface area (Å²) in [5.74, 6) is -0.0218. The standard InChI is InChI=1S/C15H26N2O3/c1-20-12-6-9-16-13(18)15(7-8-15)14(19)17-10-4-2-3-5-11-17/h2-12H2,1H3,(H,16,18). The minimum absolute atomic E-state index is 0.0589. The van der Waals surface area contributed by atoms with Crippen LogP contribution in [0.4, 0.5) is 0 Å². The molecule has 2 fully saturated rings. The highest BCUT2D eigenvalue weighted by molar-refractivity contribution is 6.07. The summed E-state index contributed by atoms with van der Waals surface area (Å²) >= 11 is 0. The molecule has 0 aromatic rings. The molecule has 1 N–H and O–H groups in total. The van der Waals surface area contributed by atoms with Crippen LogP contribution >= 0.6 is 0 Å². The molecule has 2 aliphatic rings. The number of likely N-dealkylation sites (tertiary alicyclic amines) is 1. The number of nitrogens with zero attached hydrogens (tertiary/aromatic N) is 1. The average Bonchev–Trinajstić information content (AvgIpc) is 3.26. The van der Waals surface area contributed by atoms with Gasteiger partial charge in [-0.25, -0.2) is 0 Å². The van der Waals surface area contributed by atoms with Gasteiger partial charge in [0.25, 0.3) is 0 Å². The van der Waals surface area contributed by atoms with E-state index in [1.54, 1.807) is 7.11 Å². The van der Waals surface area contributed by atoms with Crippen molar-refractivity contribution < 1.29 is 14.3 Å². The van der Waals surface area contributed by atoms with E-state index in [2.05, 4.69) is 5.32 Å². The molecule has 114 valence electrons. The third-order valence-corrected chi connectivity index (χ3v) is 4.30. The lowest BCUT2D eigenvalue weighted by Gasteiger charge is -2.25. The normalized spacial score (nSPS) is 21.1. The van der Waals surface area contributed by atoms with Crippen LogP contribution in [0.5, 0.6) is 0 Å². The number of methoxy groups -OCH3 is 1. The Labute approximate surface area is 121 Å². The molecule has 5 nitrogen and oxygen atoms in total. The van der Waals surface area contributed by atoms with Crippen molar-refractivity contribution in [2.24, 2.45) is 5.41 Å². The first kappa shape index (κ1) is 15.3. The van der Waals surface area contributed by atoms with Gasteiger partial charge < -0.3 is 15.0 Å². The molecule has 1 aliphatic heterocycles. The van der Waals surface area contributed by atoms with Crippen LogP contribution < -0.4 is 5.32 Å². The number of hydrogen-bond acceptors (Lipinski definition) is 3. The summed E-state index contributed by atoms with van der Waals surface area (Å²) in [6.07, 6.45) is 6.72. The minimum atomic E-state index is -0.739. The number of amides is 2. The van der Waals surface area contributed by atoms with Gasteiger partial charge in [-0.15, -0.1) is 0 Å². The van der Waals surface area contributed by atoms with Gasteiger partial charge in [-0.1, -0.05) is 12.8 Å². The molecule has 0 radical (unpaired) electrons. The topological polar surface area (TPSA) is 58.6 Å². The molecule has 0 atom stereocenters. The number of hydrogen-bond donors (Lipinski definition) is 1. The van der Waals surface area contributed by atoms with E-state index in [0.29, 0.717) is 26.0 Å². The minimum Gasteiger partial charge on any atom is -0.385 e. The van der Waals surface area contributed by atoms with Crippen molar-refractivity contribution in [2.45, 2.75) is 44.9 Å². The first-order valence-electron chi connectivity index (χ1n) is 7.77. The van der Waals surface area contributed by atoms with Crippen molar-refractivity contribution >= 4 is 11.8 Å². The molecule has 0 unspecified atom stereocenters. The number of rotatable bonds is 6. The molecule has 0 aromatic carbocycles. The molecule has 20 heavy (non-hydrogen) atoms. The van der Waals surface area contributed by atoms with Crippen molar-refractivity contribution in [1.82, 2.24) is 10.2 Å². The molecular formula is C15H26N2O3. The SMILES string of the molecule is COCCCNC(=O)C1(C(=O)N2CCCCCC2)CC1. The van der Waals surface area contributed by atoms with Crippen LogP contribution in [0.1, 0.15) is 44.9 Å². The number of carbonyl (C=O) groups excluding carboxylic acids is 2. The second-order valence-corrected chi connectivity index (χ2v) is 5.89. The molecule has 0 spiro atoms. The second-order valence-electron chi connectivity index (χ2n) is 5.89. The number of nitrogens with one attached hydrogen (secondary N) is 1. The van der Waals surface area contributed by atoms with E-state index in [0.717, 1.165) is 32.4 Å². The summed E-state index contributed by atoms with van der Waals surface area (Å²) in [4.78, 5) is 26.8. The molecule has 2 amide bonds. The summed E-state index contributed by atoms with van der Waals surface area (Å²) in [7, 11) is 1.65. The van der Waals surface area contributed by atoms with E-state index in [1.807, 2.05) is 4.90 Å². The van der Waals surface area contributed by atoms with Crippen LogP contribution in [0.3, 0.4) is 0 Å². The lowest BCUT2D eigenvalue weighted by molar-refractivity contribution is -0.144. The predicted molar refractivity (Wildman–Crippen MR) is 76.2 cm³/mol. The van der Waals surface area contributed by atoms with Gasteiger partial charge in [-0.3, -0.25) is 9.59 Å². The molecule has 1 saturated carbocycles.